The molecule has 1 saturated heterocycles. The maximum Gasteiger partial charge on any atom is 0.260 e. The molecule has 2 aliphatic heterocycles. The van der Waals surface area contributed by atoms with E-state index in [9.17, 15) is 9.59 Å². The summed E-state index contributed by atoms with van der Waals surface area (Å²) in [4.78, 5) is 28.3. The largest absolute Gasteiger partial charge is 0.493 e. The zero-order chi connectivity index (χ0) is 21.1. The first-order valence-electron chi connectivity index (χ1n) is 9.84. The third-order valence-corrected chi connectivity index (χ3v) is 5.30. The molecule has 4 rings (SSSR count). The molecule has 2 aromatic carbocycles. The molecule has 0 spiro atoms. The van der Waals surface area contributed by atoms with Crippen LogP contribution in [0.4, 0.5) is 5.69 Å². The van der Waals surface area contributed by atoms with E-state index < -0.39 is 0 Å². The van der Waals surface area contributed by atoms with Gasteiger partial charge in [0.05, 0.1) is 26.0 Å². The molecule has 0 unspecified atom stereocenters. The molecule has 0 bridgehead atoms. The lowest BCUT2D eigenvalue weighted by atomic mass is 10.0. The fourth-order valence-electron chi connectivity index (χ4n) is 3.64. The highest BCUT2D eigenvalue weighted by Crippen LogP contribution is 2.37. The standard InChI is InChI=1S/C23H24N2O5/c1-24-19-6-4-3-5-17(19)18(23(24)27)13-16-7-8-20(21(14-16)28-2)30-15-22(26)25-9-11-29-12-10-25/h3-8,13-14H,9-12,15H2,1-2H3/b18-13+. The number of morpholine rings is 1. The summed E-state index contributed by atoms with van der Waals surface area (Å²) in [6.45, 7) is 2.20. The quantitative estimate of drug-likeness (QED) is 0.711. The van der Waals surface area contributed by atoms with E-state index in [-0.39, 0.29) is 18.4 Å². The number of nitrogens with zero attached hydrogens (tertiary/aromatic N) is 2. The first kappa shape index (κ1) is 20.0. The van der Waals surface area contributed by atoms with Crippen molar-refractivity contribution in [1.82, 2.24) is 4.90 Å². The maximum atomic E-state index is 12.7. The smallest absolute Gasteiger partial charge is 0.260 e. The average molecular weight is 408 g/mol. The van der Waals surface area contributed by atoms with Crippen molar-refractivity contribution < 1.29 is 23.8 Å². The van der Waals surface area contributed by atoms with Crippen molar-refractivity contribution in [2.45, 2.75) is 0 Å². The van der Waals surface area contributed by atoms with Gasteiger partial charge in [-0.1, -0.05) is 24.3 Å². The average Bonchev–Trinajstić information content (AvgIpc) is 3.03. The van der Waals surface area contributed by atoms with Crippen LogP contribution in [0.1, 0.15) is 11.1 Å². The summed E-state index contributed by atoms with van der Waals surface area (Å²) < 4.78 is 16.4. The molecule has 0 atom stereocenters. The highest BCUT2D eigenvalue weighted by molar-refractivity contribution is 6.35. The number of benzene rings is 2. The number of ether oxygens (including phenoxy) is 3. The van der Waals surface area contributed by atoms with Crippen LogP contribution in [0.5, 0.6) is 11.5 Å². The van der Waals surface area contributed by atoms with Crippen molar-refractivity contribution in [3.05, 3.63) is 53.6 Å². The number of rotatable bonds is 5. The lowest BCUT2D eigenvalue weighted by Gasteiger charge is -2.26. The monoisotopic (exact) mass is 408 g/mol. The second-order valence-corrected chi connectivity index (χ2v) is 7.13. The van der Waals surface area contributed by atoms with Gasteiger partial charge in [0.15, 0.2) is 18.1 Å². The molecule has 2 heterocycles. The Hall–Kier alpha value is -3.32. The lowest BCUT2D eigenvalue weighted by molar-refractivity contribution is -0.137. The van der Waals surface area contributed by atoms with Crippen LogP contribution in [0, 0.1) is 0 Å². The Morgan fingerprint density at radius 1 is 1.13 bits per heavy atom. The summed E-state index contributed by atoms with van der Waals surface area (Å²) >= 11 is 0. The molecule has 2 amide bonds. The van der Waals surface area contributed by atoms with Crippen molar-refractivity contribution in [3.8, 4) is 11.5 Å². The number of carbonyl (C=O) groups excluding carboxylic acids is 2. The van der Waals surface area contributed by atoms with Gasteiger partial charge in [0.1, 0.15) is 0 Å². The molecule has 1 fully saturated rings. The maximum absolute atomic E-state index is 12.7. The van der Waals surface area contributed by atoms with Gasteiger partial charge in [0.2, 0.25) is 0 Å². The minimum absolute atomic E-state index is 0.0494. The van der Waals surface area contributed by atoms with Gasteiger partial charge in [-0.15, -0.1) is 0 Å². The van der Waals surface area contributed by atoms with E-state index in [0.717, 1.165) is 16.8 Å². The Morgan fingerprint density at radius 2 is 1.90 bits per heavy atom. The van der Waals surface area contributed by atoms with Crippen LogP contribution in [-0.2, 0) is 14.3 Å². The summed E-state index contributed by atoms with van der Waals surface area (Å²) in [5.41, 5.74) is 3.24. The number of para-hydroxylation sites is 1. The lowest BCUT2D eigenvalue weighted by Crippen LogP contribution is -2.43. The summed E-state index contributed by atoms with van der Waals surface area (Å²) in [6, 6.07) is 13.1. The van der Waals surface area contributed by atoms with Crippen molar-refractivity contribution in [2.75, 3.05) is 52.0 Å². The first-order chi connectivity index (χ1) is 14.6. The van der Waals surface area contributed by atoms with Gasteiger partial charge in [-0.25, -0.2) is 0 Å². The number of hydrogen-bond donors (Lipinski definition) is 0. The van der Waals surface area contributed by atoms with Gasteiger partial charge >= 0.3 is 0 Å². The van der Waals surface area contributed by atoms with Gasteiger partial charge in [-0.2, -0.15) is 0 Å². The number of methoxy groups -OCH3 is 1. The van der Waals surface area contributed by atoms with Crippen LogP contribution in [0.2, 0.25) is 0 Å². The van der Waals surface area contributed by atoms with Crippen LogP contribution >= 0.6 is 0 Å². The summed E-state index contributed by atoms with van der Waals surface area (Å²) in [6.07, 6.45) is 1.84. The van der Waals surface area contributed by atoms with Gasteiger partial charge in [-0.3, -0.25) is 9.59 Å². The van der Waals surface area contributed by atoms with Crippen LogP contribution in [0.25, 0.3) is 11.6 Å². The van der Waals surface area contributed by atoms with E-state index in [1.165, 1.54) is 0 Å². The number of hydrogen-bond acceptors (Lipinski definition) is 5. The molecule has 0 aromatic heterocycles. The summed E-state index contributed by atoms with van der Waals surface area (Å²) in [7, 11) is 3.32. The molecule has 156 valence electrons. The van der Waals surface area contributed by atoms with Crippen molar-refractivity contribution in [3.63, 3.8) is 0 Å². The Balaban J connectivity index is 1.52. The molecule has 0 aliphatic carbocycles. The van der Waals surface area contributed by atoms with Crippen molar-refractivity contribution in [2.24, 2.45) is 0 Å². The van der Waals surface area contributed by atoms with Gasteiger partial charge < -0.3 is 24.0 Å². The zero-order valence-electron chi connectivity index (χ0n) is 17.1. The highest BCUT2D eigenvalue weighted by Gasteiger charge is 2.29. The first-order valence-corrected chi connectivity index (χ1v) is 9.84. The normalized spacial score (nSPS) is 17.3. The molecule has 0 radical (unpaired) electrons. The fraction of sp³-hybridized carbons (Fsp3) is 0.304. The highest BCUT2D eigenvalue weighted by atomic mass is 16.5. The number of fused-ring (bicyclic) bond motifs is 1. The molecule has 2 aliphatic rings. The topological polar surface area (TPSA) is 68.3 Å². The second kappa shape index (κ2) is 8.59. The number of likely N-dealkylation sites (N-methyl/N-ethyl adjacent to an activating group) is 1. The molecule has 2 aromatic rings. The minimum atomic E-state index is -0.0808. The van der Waals surface area contributed by atoms with E-state index >= 15 is 0 Å². The van der Waals surface area contributed by atoms with Crippen molar-refractivity contribution >= 4 is 29.2 Å². The van der Waals surface area contributed by atoms with Gasteiger partial charge in [0.25, 0.3) is 11.8 Å². The SMILES string of the molecule is COc1cc(/C=C2/C(=O)N(C)c3ccccc32)ccc1OCC(=O)N1CCOCC1. The predicted molar refractivity (Wildman–Crippen MR) is 114 cm³/mol. The Labute approximate surface area is 175 Å². The molecular weight excluding hydrogens is 384 g/mol. The summed E-state index contributed by atoms with van der Waals surface area (Å²) in [5, 5.41) is 0. The van der Waals surface area contributed by atoms with E-state index in [2.05, 4.69) is 0 Å². The molecule has 0 N–H and O–H groups in total. The summed E-state index contributed by atoms with van der Waals surface area (Å²) in [5.74, 6) is 0.858. The van der Waals surface area contributed by atoms with Crippen LogP contribution in [0.15, 0.2) is 42.5 Å². The third kappa shape index (κ3) is 3.89. The van der Waals surface area contributed by atoms with Crippen molar-refractivity contribution in [1.29, 1.82) is 0 Å². The number of anilines is 1. The predicted octanol–water partition coefficient (Wildman–Crippen LogP) is 2.45. The van der Waals surface area contributed by atoms with Crippen LogP contribution in [0.3, 0.4) is 0 Å². The Kier molecular flexibility index (Phi) is 5.72. The van der Waals surface area contributed by atoms with E-state index in [0.29, 0.717) is 43.4 Å². The Bertz CT molecular complexity index is 995. The van der Waals surface area contributed by atoms with Crippen LogP contribution in [-0.4, -0.2) is 63.8 Å². The minimum Gasteiger partial charge on any atom is -0.493 e. The van der Waals surface area contributed by atoms with E-state index in [4.69, 9.17) is 14.2 Å². The number of amides is 2. The molecule has 7 heteroatoms. The van der Waals surface area contributed by atoms with E-state index in [1.54, 1.807) is 36.1 Å². The molecule has 30 heavy (non-hydrogen) atoms. The second-order valence-electron chi connectivity index (χ2n) is 7.13. The molecular formula is C23H24N2O5. The molecule has 7 nitrogen and oxygen atoms in total. The van der Waals surface area contributed by atoms with E-state index in [1.807, 2.05) is 36.4 Å². The number of carbonyl (C=O) groups is 2. The van der Waals surface area contributed by atoms with Gasteiger partial charge in [0, 0.05) is 31.3 Å². The third-order valence-electron chi connectivity index (χ3n) is 5.30. The molecule has 0 saturated carbocycles. The van der Waals surface area contributed by atoms with Gasteiger partial charge in [-0.05, 0) is 29.8 Å². The Morgan fingerprint density at radius 3 is 2.67 bits per heavy atom. The van der Waals surface area contributed by atoms with Crippen LogP contribution < -0.4 is 14.4 Å². The zero-order valence-corrected chi connectivity index (χ0v) is 17.1. The fourth-order valence-corrected chi connectivity index (χ4v) is 3.64.